The van der Waals surface area contributed by atoms with Gasteiger partial charge in [-0.25, -0.2) is 0 Å². The number of carbonyl (C=O) groups excluding carboxylic acids is 1. The number of amides is 1. The lowest BCUT2D eigenvalue weighted by Gasteiger charge is -2.28. The summed E-state index contributed by atoms with van der Waals surface area (Å²) in [4.78, 5) is 15.0. The van der Waals surface area contributed by atoms with Gasteiger partial charge < -0.3 is 15.0 Å². The highest BCUT2D eigenvalue weighted by molar-refractivity contribution is 7.19. The summed E-state index contributed by atoms with van der Waals surface area (Å²) in [7, 11) is 16.7. The molecule has 2 atom stereocenters. The van der Waals surface area contributed by atoms with Crippen LogP contribution in [0.2, 0.25) is 0 Å². The molecule has 0 spiro atoms. The minimum Gasteiger partial charge on any atom is -0.385 e. The van der Waals surface area contributed by atoms with Gasteiger partial charge in [0.1, 0.15) is 0 Å². The predicted octanol–water partition coefficient (Wildman–Crippen LogP) is 0.832. The van der Waals surface area contributed by atoms with Crippen LogP contribution in [-0.4, -0.2) is 74.3 Å². The van der Waals surface area contributed by atoms with Crippen molar-refractivity contribution in [2.45, 2.75) is 23.9 Å². The highest BCUT2D eigenvalue weighted by Gasteiger charge is 2.28. The Balaban J connectivity index is 1.37. The number of ether oxygens (including phenoxy) is 1. The zero-order valence-electron chi connectivity index (χ0n) is 17.1. The number of anilines is 3. The second-order valence-electron chi connectivity index (χ2n) is 7.32. The molecule has 9 nitrogen and oxygen atoms in total. The zero-order valence-corrected chi connectivity index (χ0v) is 17.9. The van der Waals surface area contributed by atoms with Crippen molar-refractivity contribution in [2.24, 2.45) is 0 Å². The van der Waals surface area contributed by atoms with Crippen molar-refractivity contribution in [1.29, 1.82) is 0 Å². The van der Waals surface area contributed by atoms with Crippen LogP contribution in [0.25, 0.3) is 0 Å². The van der Waals surface area contributed by atoms with Crippen molar-refractivity contribution in [1.82, 2.24) is 20.4 Å². The topological polar surface area (TPSA) is 105 Å². The molecule has 0 aliphatic carbocycles. The largest absolute Gasteiger partial charge is 0.385 e. The molecule has 1 aromatic carbocycles. The summed E-state index contributed by atoms with van der Waals surface area (Å²) in [6.45, 7) is 1.61. The van der Waals surface area contributed by atoms with E-state index in [4.69, 9.17) is 28.3 Å². The van der Waals surface area contributed by atoms with E-state index >= 15 is 0 Å². The molecule has 13 heteroatoms. The number of nitrogens with one attached hydrogen (secondary N) is 2. The number of aromatic nitrogens is 4. The highest BCUT2D eigenvalue weighted by atomic mass is 32.1. The van der Waals surface area contributed by atoms with Crippen molar-refractivity contribution in [2.75, 3.05) is 28.6 Å². The van der Waals surface area contributed by atoms with Crippen molar-refractivity contribution in [3.05, 3.63) is 54.2 Å². The third-order valence-corrected chi connectivity index (χ3v) is 5.49. The Morgan fingerprint density at radius 2 is 1.91 bits per heavy atom. The molecule has 1 amide bonds. The van der Waals surface area contributed by atoms with E-state index in [9.17, 15) is 4.79 Å². The molecule has 3 heterocycles. The summed E-state index contributed by atoms with van der Waals surface area (Å²) < 4.78 is 5.37. The zero-order chi connectivity index (χ0) is 22.6. The molecule has 2 N–H and O–H groups in total. The first-order valence-corrected chi connectivity index (χ1v) is 10.7. The second kappa shape index (κ2) is 9.70. The minimum absolute atomic E-state index is 0.168. The van der Waals surface area contributed by atoms with E-state index in [0.29, 0.717) is 15.8 Å². The van der Waals surface area contributed by atoms with Crippen LogP contribution in [0, 0.1) is 0 Å². The molecule has 1 aliphatic heterocycles. The molecule has 0 saturated carbocycles. The van der Waals surface area contributed by atoms with E-state index in [1.165, 1.54) is 11.3 Å². The first kappa shape index (κ1) is 22.3. The number of benzene rings is 1. The van der Waals surface area contributed by atoms with Gasteiger partial charge in [0.2, 0.25) is 10.3 Å². The number of hydrogen-bond acceptors (Lipinski definition) is 9. The Morgan fingerprint density at radius 1 is 1.12 bits per heavy atom. The van der Waals surface area contributed by atoms with Gasteiger partial charge in [0.25, 0.3) is 5.91 Å². The number of hydrogen-bond donors (Lipinski definition) is 2. The van der Waals surface area contributed by atoms with E-state index in [2.05, 4.69) is 35.9 Å². The SMILES string of the molecule is [B]C([B])([B])O[C@@H](C(=O)Nc1nnc(N[C@@H]2CCN(c3cccnn3)C2)s1)c1ccccc1. The first-order chi connectivity index (χ1) is 15.4. The minimum atomic E-state index is -1.98. The van der Waals surface area contributed by atoms with E-state index < -0.39 is 17.3 Å². The standard InChI is InChI=1S/C19H18B3N7O2S/c20-19(21,22)31-15(12-5-2-1-3-6-12)16(30)25-18-28-27-17(32-18)24-13-8-10-29(11-13)14-7-4-9-23-26-14/h1-7,9,13,15H,8,10-11H2,(H,24,27)(H,25,28,30)/t13-,15-/m1/s1. The van der Waals surface area contributed by atoms with E-state index in [1.54, 1.807) is 30.5 Å². The normalized spacial score (nSPS) is 17.1. The van der Waals surface area contributed by atoms with Gasteiger partial charge in [-0.15, -0.1) is 15.3 Å². The Kier molecular flexibility index (Phi) is 6.76. The van der Waals surface area contributed by atoms with Crippen LogP contribution in [0.3, 0.4) is 0 Å². The summed E-state index contributed by atoms with van der Waals surface area (Å²) in [5, 5.41) is 21.2. The molecule has 32 heavy (non-hydrogen) atoms. The Hall–Kier alpha value is -2.92. The summed E-state index contributed by atoms with van der Waals surface area (Å²) >= 11 is 1.21. The Labute approximate surface area is 193 Å². The van der Waals surface area contributed by atoms with Gasteiger partial charge in [-0.3, -0.25) is 10.1 Å². The number of rotatable bonds is 8. The van der Waals surface area contributed by atoms with Crippen molar-refractivity contribution >= 4 is 56.9 Å². The van der Waals surface area contributed by atoms with Crippen molar-refractivity contribution in [3.8, 4) is 0 Å². The van der Waals surface area contributed by atoms with Crippen LogP contribution in [0.5, 0.6) is 0 Å². The first-order valence-electron chi connectivity index (χ1n) is 9.90. The van der Waals surface area contributed by atoms with Crippen molar-refractivity contribution in [3.63, 3.8) is 0 Å². The smallest absolute Gasteiger partial charge is 0.259 e. The Bertz CT molecular complexity index is 1040. The Morgan fingerprint density at radius 3 is 2.62 bits per heavy atom. The summed E-state index contributed by atoms with van der Waals surface area (Å²) in [6.07, 6.45) is 1.44. The lowest BCUT2D eigenvalue weighted by Crippen LogP contribution is -2.39. The van der Waals surface area contributed by atoms with E-state index in [1.807, 2.05) is 18.2 Å². The third kappa shape index (κ3) is 5.86. The third-order valence-electron chi connectivity index (χ3n) is 4.72. The molecule has 0 unspecified atom stereocenters. The lowest BCUT2D eigenvalue weighted by atomic mass is 9.52. The van der Waals surface area contributed by atoms with Gasteiger partial charge in [-0.05, 0) is 29.4 Å². The van der Waals surface area contributed by atoms with E-state index in [-0.39, 0.29) is 6.04 Å². The second-order valence-corrected chi connectivity index (χ2v) is 8.30. The molecular formula is C19H18B3N7O2S. The quantitative estimate of drug-likeness (QED) is 0.496. The van der Waals surface area contributed by atoms with Crippen LogP contribution in [0.1, 0.15) is 18.1 Å². The summed E-state index contributed by atoms with van der Waals surface area (Å²) in [5.41, 5.74) is 0.550. The average molecular weight is 441 g/mol. The van der Waals surface area contributed by atoms with Gasteiger partial charge >= 0.3 is 0 Å². The van der Waals surface area contributed by atoms with Crippen LogP contribution in [0.4, 0.5) is 16.1 Å². The highest BCUT2D eigenvalue weighted by Crippen LogP contribution is 2.27. The fourth-order valence-electron chi connectivity index (χ4n) is 3.33. The van der Waals surface area contributed by atoms with E-state index in [0.717, 1.165) is 25.3 Å². The molecule has 6 radical (unpaired) electrons. The fraction of sp³-hybridized carbons (Fsp3) is 0.316. The van der Waals surface area contributed by atoms with Crippen LogP contribution in [0.15, 0.2) is 48.7 Å². The van der Waals surface area contributed by atoms with Crippen LogP contribution in [-0.2, 0) is 9.53 Å². The summed E-state index contributed by atoms with van der Waals surface area (Å²) in [6, 6.07) is 12.7. The van der Waals surface area contributed by atoms with Crippen LogP contribution < -0.4 is 15.5 Å². The van der Waals surface area contributed by atoms with Crippen molar-refractivity contribution < 1.29 is 9.53 Å². The molecule has 1 aliphatic rings. The molecule has 0 bridgehead atoms. The van der Waals surface area contributed by atoms with Gasteiger partial charge in [0, 0.05) is 25.3 Å². The maximum absolute atomic E-state index is 12.8. The molecule has 2 aromatic heterocycles. The predicted molar refractivity (Wildman–Crippen MR) is 125 cm³/mol. The molecule has 1 saturated heterocycles. The monoisotopic (exact) mass is 441 g/mol. The van der Waals surface area contributed by atoms with Gasteiger partial charge in [-0.1, -0.05) is 41.7 Å². The number of carbonyl (C=O) groups is 1. The molecule has 156 valence electrons. The lowest BCUT2D eigenvalue weighted by molar-refractivity contribution is -0.128. The summed E-state index contributed by atoms with van der Waals surface area (Å²) in [5.74, 6) is 0.323. The fourth-order valence-corrected chi connectivity index (χ4v) is 4.05. The molecule has 3 aromatic rings. The maximum Gasteiger partial charge on any atom is 0.259 e. The molecule has 1 fully saturated rings. The number of nitrogens with zero attached hydrogens (tertiary/aromatic N) is 5. The van der Waals surface area contributed by atoms with Gasteiger partial charge in [-0.2, -0.15) is 5.10 Å². The van der Waals surface area contributed by atoms with Crippen LogP contribution >= 0.6 is 11.3 Å². The maximum atomic E-state index is 12.8. The molecule has 4 rings (SSSR count). The average Bonchev–Trinajstić information content (AvgIpc) is 3.42. The van der Waals surface area contributed by atoms with Gasteiger partial charge in [0.15, 0.2) is 11.9 Å². The van der Waals surface area contributed by atoms with Gasteiger partial charge in [0.05, 0.1) is 23.5 Å². The molecular weight excluding hydrogens is 423 g/mol.